The minimum absolute atomic E-state index is 0.0542. The highest BCUT2D eigenvalue weighted by Gasteiger charge is 2.50. The molecule has 0 unspecified atom stereocenters. The predicted molar refractivity (Wildman–Crippen MR) is 64.6 cm³/mol. The smallest absolute Gasteiger partial charge is 0.383 e. The molecule has 0 N–H and O–H groups in total. The highest BCUT2D eigenvalue weighted by molar-refractivity contribution is 5.84. The fourth-order valence-corrected chi connectivity index (χ4v) is 1.89. The first-order valence-corrected chi connectivity index (χ1v) is 6.20. The third-order valence-electron chi connectivity index (χ3n) is 3.04. The zero-order valence-corrected chi connectivity index (χ0v) is 11.1. The van der Waals surface area contributed by atoms with E-state index in [0.29, 0.717) is 22.0 Å². The van der Waals surface area contributed by atoms with Gasteiger partial charge >= 0.3 is 12.3 Å². The van der Waals surface area contributed by atoms with Crippen molar-refractivity contribution in [3.8, 4) is 11.5 Å². The lowest BCUT2D eigenvalue weighted by Gasteiger charge is -2.25. The normalized spacial score (nSPS) is 13.6. The molecule has 0 atom stereocenters. The molecule has 1 heterocycles. The summed E-state index contributed by atoms with van der Waals surface area (Å²) in [6, 6.07) is 4.66. The lowest BCUT2D eigenvalue weighted by molar-refractivity contribution is -0.181. The van der Waals surface area contributed by atoms with E-state index in [0.717, 1.165) is 0 Å². The quantitative estimate of drug-likeness (QED) is 0.785. The van der Waals surface area contributed by atoms with Crippen LogP contribution in [0.2, 0.25) is 0 Å². The Hall–Kier alpha value is -1.99. The summed E-state index contributed by atoms with van der Waals surface area (Å²) < 4.78 is 60.9. The van der Waals surface area contributed by atoms with Gasteiger partial charge in [0.05, 0.1) is 0 Å². The van der Waals surface area contributed by atoms with Crippen molar-refractivity contribution in [2.75, 3.05) is 13.3 Å². The van der Waals surface area contributed by atoms with Gasteiger partial charge in [-0.25, -0.2) is 8.78 Å². The van der Waals surface area contributed by atoms with Crippen molar-refractivity contribution in [2.45, 2.75) is 25.8 Å². The zero-order valence-electron chi connectivity index (χ0n) is 11.1. The van der Waals surface area contributed by atoms with Gasteiger partial charge < -0.3 is 14.4 Å². The SMILES string of the molecule is CCN(Cc1ccc2c(c1)OCO2)C(=O)C(F)(F)C(F)F. The van der Waals surface area contributed by atoms with Crippen LogP contribution in [0.5, 0.6) is 11.5 Å². The number of nitrogens with zero attached hydrogens (tertiary/aromatic N) is 1. The Kier molecular flexibility index (Phi) is 4.24. The first-order valence-electron chi connectivity index (χ1n) is 6.20. The Bertz CT molecular complexity index is 536. The average molecular weight is 307 g/mol. The molecule has 1 aromatic rings. The van der Waals surface area contributed by atoms with Gasteiger partial charge in [-0.1, -0.05) is 6.07 Å². The molecular formula is C13H13F4NO3. The van der Waals surface area contributed by atoms with Crippen molar-refractivity contribution < 1.29 is 31.8 Å². The maximum Gasteiger partial charge on any atom is 0.383 e. The van der Waals surface area contributed by atoms with Gasteiger partial charge in [-0.15, -0.1) is 0 Å². The first kappa shape index (κ1) is 15.4. The standard InChI is InChI=1S/C13H13F4NO3/c1-2-18(12(19)13(16,17)11(14)15)6-8-3-4-9-10(5-8)21-7-20-9/h3-5,11H,2,6-7H2,1H3. The van der Waals surface area contributed by atoms with Crippen LogP contribution in [0.1, 0.15) is 12.5 Å². The third kappa shape index (κ3) is 3.03. The first-order chi connectivity index (χ1) is 9.86. The molecule has 2 rings (SSSR count). The highest BCUT2D eigenvalue weighted by atomic mass is 19.3. The van der Waals surface area contributed by atoms with E-state index in [1.54, 1.807) is 12.1 Å². The predicted octanol–water partition coefficient (Wildman–Crippen LogP) is 2.66. The summed E-state index contributed by atoms with van der Waals surface area (Å²) in [6.07, 6.45) is -4.03. The second-order valence-corrected chi connectivity index (χ2v) is 4.43. The molecule has 21 heavy (non-hydrogen) atoms. The van der Waals surface area contributed by atoms with Gasteiger partial charge in [0.15, 0.2) is 11.5 Å². The number of rotatable bonds is 5. The summed E-state index contributed by atoms with van der Waals surface area (Å²) in [4.78, 5) is 12.2. The highest BCUT2D eigenvalue weighted by Crippen LogP contribution is 2.33. The molecule has 0 radical (unpaired) electrons. The van der Waals surface area contributed by atoms with E-state index in [9.17, 15) is 22.4 Å². The minimum atomic E-state index is -4.69. The number of hydrogen-bond donors (Lipinski definition) is 0. The number of ether oxygens (including phenoxy) is 2. The van der Waals surface area contributed by atoms with Crippen molar-refractivity contribution >= 4 is 5.91 Å². The fraction of sp³-hybridized carbons (Fsp3) is 0.462. The number of hydrogen-bond acceptors (Lipinski definition) is 3. The Balaban J connectivity index is 2.14. The summed E-state index contributed by atoms with van der Waals surface area (Å²) in [7, 11) is 0. The molecule has 0 spiro atoms. The Morgan fingerprint density at radius 1 is 1.33 bits per heavy atom. The number of benzene rings is 1. The van der Waals surface area contributed by atoms with Crippen LogP contribution in [0, 0.1) is 0 Å². The molecule has 4 nitrogen and oxygen atoms in total. The molecule has 0 bridgehead atoms. The van der Waals surface area contributed by atoms with Gasteiger partial charge in [0, 0.05) is 13.1 Å². The molecule has 0 saturated heterocycles. The maximum atomic E-state index is 13.1. The van der Waals surface area contributed by atoms with Crippen LogP contribution < -0.4 is 9.47 Å². The van der Waals surface area contributed by atoms with Gasteiger partial charge in [0.2, 0.25) is 6.79 Å². The lowest BCUT2D eigenvalue weighted by Crippen LogP contribution is -2.47. The van der Waals surface area contributed by atoms with Crippen LogP contribution in [-0.2, 0) is 11.3 Å². The summed E-state index contributed by atoms with van der Waals surface area (Å²) >= 11 is 0. The maximum absolute atomic E-state index is 13.1. The number of carbonyl (C=O) groups excluding carboxylic acids is 1. The van der Waals surface area contributed by atoms with E-state index in [1.807, 2.05) is 0 Å². The van der Waals surface area contributed by atoms with Gasteiger partial charge in [0.25, 0.3) is 5.91 Å². The Morgan fingerprint density at radius 2 is 2.00 bits per heavy atom. The summed E-state index contributed by atoms with van der Waals surface area (Å²) in [5.41, 5.74) is 0.486. The van der Waals surface area contributed by atoms with Crippen LogP contribution in [0.4, 0.5) is 17.6 Å². The molecule has 8 heteroatoms. The lowest BCUT2D eigenvalue weighted by atomic mass is 10.1. The molecule has 0 aliphatic carbocycles. The van der Waals surface area contributed by atoms with Gasteiger partial charge in [-0.2, -0.15) is 8.78 Å². The van der Waals surface area contributed by atoms with Crippen molar-refractivity contribution in [1.82, 2.24) is 4.90 Å². The Labute approximate surface area is 118 Å². The van der Waals surface area contributed by atoms with Gasteiger partial charge in [-0.05, 0) is 24.6 Å². The van der Waals surface area contributed by atoms with E-state index in [1.165, 1.54) is 13.0 Å². The fourth-order valence-electron chi connectivity index (χ4n) is 1.89. The molecule has 0 saturated carbocycles. The second kappa shape index (κ2) is 5.79. The van der Waals surface area contributed by atoms with Crippen molar-refractivity contribution in [3.63, 3.8) is 0 Å². The van der Waals surface area contributed by atoms with Crippen molar-refractivity contribution in [2.24, 2.45) is 0 Å². The topological polar surface area (TPSA) is 38.8 Å². The molecule has 1 aliphatic rings. The van der Waals surface area contributed by atoms with Crippen molar-refractivity contribution in [3.05, 3.63) is 23.8 Å². The average Bonchev–Trinajstić information content (AvgIpc) is 2.91. The monoisotopic (exact) mass is 307 g/mol. The number of alkyl halides is 4. The largest absolute Gasteiger partial charge is 0.454 e. The van der Waals surface area contributed by atoms with Crippen LogP contribution in [0.3, 0.4) is 0 Å². The zero-order chi connectivity index (χ0) is 15.6. The molecule has 0 aromatic heterocycles. The summed E-state index contributed by atoms with van der Waals surface area (Å²) in [6.45, 7) is 1.16. The number of fused-ring (bicyclic) bond motifs is 1. The Morgan fingerprint density at radius 3 is 2.62 bits per heavy atom. The van der Waals surface area contributed by atoms with E-state index < -0.39 is 18.3 Å². The van der Waals surface area contributed by atoms with E-state index in [2.05, 4.69) is 0 Å². The molecule has 1 aromatic carbocycles. The van der Waals surface area contributed by atoms with Crippen LogP contribution in [0.25, 0.3) is 0 Å². The van der Waals surface area contributed by atoms with Crippen LogP contribution >= 0.6 is 0 Å². The number of halogens is 4. The molecular weight excluding hydrogens is 294 g/mol. The van der Waals surface area contributed by atoms with E-state index in [-0.39, 0.29) is 19.9 Å². The summed E-state index contributed by atoms with van der Waals surface area (Å²) in [5, 5.41) is 0. The number of amides is 1. The van der Waals surface area contributed by atoms with E-state index in [4.69, 9.17) is 9.47 Å². The molecule has 0 fully saturated rings. The van der Waals surface area contributed by atoms with Crippen LogP contribution in [0.15, 0.2) is 18.2 Å². The van der Waals surface area contributed by atoms with Crippen molar-refractivity contribution in [1.29, 1.82) is 0 Å². The molecule has 1 amide bonds. The third-order valence-corrected chi connectivity index (χ3v) is 3.04. The molecule has 1 aliphatic heterocycles. The molecule has 116 valence electrons. The second-order valence-electron chi connectivity index (χ2n) is 4.43. The van der Waals surface area contributed by atoms with E-state index >= 15 is 0 Å². The van der Waals surface area contributed by atoms with Crippen LogP contribution in [-0.4, -0.2) is 36.5 Å². The number of carbonyl (C=O) groups is 1. The van der Waals surface area contributed by atoms with Gasteiger partial charge in [0.1, 0.15) is 0 Å². The van der Waals surface area contributed by atoms with Gasteiger partial charge in [-0.3, -0.25) is 4.79 Å². The summed E-state index contributed by atoms with van der Waals surface area (Å²) in [5.74, 6) is -5.65. The minimum Gasteiger partial charge on any atom is -0.454 e.